The summed E-state index contributed by atoms with van der Waals surface area (Å²) in [4.78, 5) is 19.9. The third-order valence-corrected chi connectivity index (χ3v) is 2.85. The van der Waals surface area contributed by atoms with Gasteiger partial charge in [0.15, 0.2) is 0 Å². The fraction of sp³-hybridized carbons (Fsp3) is 0.600. The molecule has 1 atom stereocenters. The van der Waals surface area contributed by atoms with Crippen LogP contribution in [0.25, 0.3) is 0 Å². The van der Waals surface area contributed by atoms with Crippen molar-refractivity contribution in [1.82, 2.24) is 14.9 Å². The molecular weight excluding hydrogens is 194 g/mol. The molecule has 0 saturated carbocycles. The van der Waals surface area contributed by atoms with Gasteiger partial charge in [0.05, 0.1) is 18.1 Å². The summed E-state index contributed by atoms with van der Waals surface area (Å²) in [5.74, 6) is 0. The number of hydrogen-bond donors (Lipinski definition) is 2. The molecule has 1 aliphatic rings. The maximum Gasteiger partial charge on any atom is 0.407 e. The SMILES string of the molecule is CCCC1c2nc[nH]c2CCN1C(=O)O. The van der Waals surface area contributed by atoms with E-state index in [1.807, 2.05) is 0 Å². The minimum atomic E-state index is -0.845. The van der Waals surface area contributed by atoms with Gasteiger partial charge in [-0.3, -0.25) is 4.90 Å². The molecule has 1 amide bonds. The Hall–Kier alpha value is -1.52. The zero-order valence-corrected chi connectivity index (χ0v) is 8.73. The summed E-state index contributed by atoms with van der Waals surface area (Å²) in [6.07, 6.45) is 3.34. The van der Waals surface area contributed by atoms with E-state index < -0.39 is 6.09 Å². The number of nitrogens with one attached hydrogen (secondary N) is 1. The second-order valence-electron chi connectivity index (χ2n) is 3.80. The van der Waals surface area contributed by atoms with Crippen molar-refractivity contribution in [3.05, 3.63) is 17.7 Å². The maximum absolute atomic E-state index is 11.1. The highest BCUT2D eigenvalue weighted by molar-refractivity contribution is 5.66. The Morgan fingerprint density at radius 1 is 1.80 bits per heavy atom. The predicted molar refractivity (Wildman–Crippen MR) is 54.7 cm³/mol. The zero-order valence-electron chi connectivity index (χ0n) is 8.73. The van der Waals surface area contributed by atoms with Gasteiger partial charge < -0.3 is 10.1 Å². The molecular formula is C10H15N3O2. The van der Waals surface area contributed by atoms with Crippen LogP contribution in [0.1, 0.15) is 37.2 Å². The fourth-order valence-electron chi connectivity index (χ4n) is 2.15. The van der Waals surface area contributed by atoms with E-state index in [9.17, 15) is 4.79 Å². The lowest BCUT2D eigenvalue weighted by atomic mass is 9.99. The summed E-state index contributed by atoms with van der Waals surface area (Å²) in [6, 6.07) is -0.0671. The van der Waals surface area contributed by atoms with Crippen LogP contribution < -0.4 is 0 Å². The molecule has 2 heterocycles. The lowest BCUT2D eigenvalue weighted by Crippen LogP contribution is -2.39. The zero-order chi connectivity index (χ0) is 10.8. The minimum Gasteiger partial charge on any atom is -0.465 e. The van der Waals surface area contributed by atoms with Crippen LogP contribution in [0, 0.1) is 0 Å². The highest BCUT2D eigenvalue weighted by atomic mass is 16.4. The number of rotatable bonds is 2. The number of aromatic amines is 1. The van der Waals surface area contributed by atoms with Crippen molar-refractivity contribution in [1.29, 1.82) is 0 Å². The van der Waals surface area contributed by atoms with E-state index in [-0.39, 0.29) is 6.04 Å². The Balaban J connectivity index is 2.29. The second-order valence-corrected chi connectivity index (χ2v) is 3.80. The Labute approximate surface area is 88.1 Å². The quantitative estimate of drug-likeness (QED) is 0.780. The van der Waals surface area contributed by atoms with E-state index in [0.29, 0.717) is 6.54 Å². The molecule has 15 heavy (non-hydrogen) atoms. The number of carbonyl (C=O) groups is 1. The van der Waals surface area contributed by atoms with Gasteiger partial charge in [-0.25, -0.2) is 9.78 Å². The molecule has 0 aromatic carbocycles. The molecule has 5 nitrogen and oxygen atoms in total. The number of fused-ring (bicyclic) bond motifs is 1. The van der Waals surface area contributed by atoms with E-state index >= 15 is 0 Å². The molecule has 2 rings (SSSR count). The van der Waals surface area contributed by atoms with Crippen molar-refractivity contribution in [3.63, 3.8) is 0 Å². The van der Waals surface area contributed by atoms with Crippen LogP contribution in [0.4, 0.5) is 4.79 Å². The number of H-pyrrole nitrogens is 1. The smallest absolute Gasteiger partial charge is 0.407 e. The number of amides is 1. The summed E-state index contributed by atoms with van der Waals surface area (Å²) in [7, 11) is 0. The van der Waals surface area contributed by atoms with Crippen LogP contribution in [-0.4, -0.2) is 32.6 Å². The first-order chi connectivity index (χ1) is 7.24. The van der Waals surface area contributed by atoms with E-state index in [0.717, 1.165) is 30.7 Å². The standard InChI is InChI=1S/C10H15N3O2/c1-2-3-8-9-7(11-6-12-9)4-5-13(8)10(14)15/h6,8H,2-5H2,1H3,(H,11,12)(H,14,15). The van der Waals surface area contributed by atoms with Crippen molar-refractivity contribution in [2.75, 3.05) is 6.54 Å². The van der Waals surface area contributed by atoms with Crippen LogP contribution in [0.5, 0.6) is 0 Å². The van der Waals surface area contributed by atoms with Gasteiger partial charge in [-0.15, -0.1) is 0 Å². The summed E-state index contributed by atoms with van der Waals surface area (Å²) >= 11 is 0. The minimum absolute atomic E-state index is 0.0671. The van der Waals surface area contributed by atoms with Gasteiger partial charge in [0.1, 0.15) is 0 Å². The van der Waals surface area contributed by atoms with Gasteiger partial charge in [0.2, 0.25) is 0 Å². The lowest BCUT2D eigenvalue weighted by molar-refractivity contribution is 0.115. The van der Waals surface area contributed by atoms with E-state index in [4.69, 9.17) is 5.11 Å². The van der Waals surface area contributed by atoms with Gasteiger partial charge >= 0.3 is 6.09 Å². The van der Waals surface area contributed by atoms with Gasteiger partial charge in [-0.05, 0) is 6.42 Å². The maximum atomic E-state index is 11.1. The number of carboxylic acid groups (broad SMARTS) is 1. The van der Waals surface area contributed by atoms with E-state index in [1.165, 1.54) is 4.90 Å². The largest absolute Gasteiger partial charge is 0.465 e. The molecule has 1 unspecified atom stereocenters. The van der Waals surface area contributed by atoms with E-state index in [2.05, 4.69) is 16.9 Å². The van der Waals surface area contributed by atoms with Crippen LogP contribution >= 0.6 is 0 Å². The summed E-state index contributed by atoms with van der Waals surface area (Å²) in [5.41, 5.74) is 2.00. The van der Waals surface area contributed by atoms with Crippen LogP contribution in [0.2, 0.25) is 0 Å². The number of nitrogens with zero attached hydrogens (tertiary/aromatic N) is 2. The summed E-state index contributed by atoms with van der Waals surface area (Å²) in [6.45, 7) is 2.62. The molecule has 0 radical (unpaired) electrons. The van der Waals surface area contributed by atoms with Crippen molar-refractivity contribution >= 4 is 6.09 Å². The first-order valence-electron chi connectivity index (χ1n) is 5.25. The molecule has 82 valence electrons. The molecule has 2 N–H and O–H groups in total. The molecule has 0 aliphatic carbocycles. The third-order valence-electron chi connectivity index (χ3n) is 2.85. The lowest BCUT2D eigenvalue weighted by Gasteiger charge is -2.32. The Morgan fingerprint density at radius 3 is 3.27 bits per heavy atom. The molecule has 1 aromatic rings. The monoisotopic (exact) mass is 209 g/mol. The topological polar surface area (TPSA) is 69.2 Å². The Morgan fingerprint density at radius 2 is 2.60 bits per heavy atom. The molecule has 0 bridgehead atoms. The van der Waals surface area contributed by atoms with Crippen molar-refractivity contribution in [2.45, 2.75) is 32.2 Å². The fourth-order valence-corrected chi connectivity index (χ4v) is 2.15. The van der Waals surface area contributed by atoms with Crippen LogP contribution in [0.3, 0.4) is 0 Å². The molecule has 1 aromatic heterocycles. The van der Waals surface area contributed by atoms with Gasteiger partial charge in [0.25, 0.3) is 0 Å². The molecule has 0 spiro atoms. The molecule has 5 heteroatoms. The predicted octanol–water partition coefficient (Wildman–Crippen LogP) is 1.79. The number of aromatic nitrogens is 2. The summed E-state index contributed by atoms with van der Waals surface area (Å²) < 4.78 is 0. The van der Waals surface area contributed by atoms with Crippen LogP contribution in [0.15, 0.2) is 6.33 Å². The average molecular weight is 209 g/mol. The van der Waals surface area contributed by atoms with Crippen molar-refractivity contribution in [3.8, 4) is 0 Å². The summed E-state index contributed by atoms with van der Waals surface area (Å²) in [5, 5.41) is 9.09. The third kappa shape index (κ3) is 1.69. The molecule has 1 aliphatic heterocycles. The highest BCUT2D eigenvalue weighted by Gasteiger charge is 2.31. The number of imidazole rings is 1. The highest BCUT2D eigenvalue weighted by Crippen LogP contribution is 2.30. The molecule has 0 fully saturated rings. The first-order valence-corrected chi connectivity index (χ1v) is 5.25. The van der Waals surface area contributed by atoms with E-state index in [1.54, 1.807) is 6.33 Å². The van der Waals surface area contributed by atoms with Crippen molar-refractivity contribution in [2.24, 2.45) is 0 Å². The first kappa shape index (κ1) is 10.0. The van der Waals surface area contributed by atoms with Crippen LogP contribution in [-0.2, 0) is 6.42 Å². The van der Waals surface area contributed by atoms with Gasteiger partial charge in [-0.1, -0.05) is 13.3 Å². The Bertz CT molecular complexity index is 361. The van der Waals surface area contributed by atoms with Gasteiger partial charge in [0, 0.05) is 18.7 Å². The van der Waals surface area contributed by atoms with Crippen molar-refractivity contribution < 1.29 is 9.90 Å². The molecule has 0 saturated heterocycles. The number of hydrogen-bond acceptors (Lipinski definition) is 2. The average Bonchev–Trinajstić information content (AvgIpc) is 2.66. The second kappa shape index (κ2) is 3.92. The van der Waals surface area contributed by atoms with Gasteiger partial charge in [-0.2, -0.15) is 0 Å². The normalized spacial score (nSPS) is 20.1. The Kier molecular flexibility index (Phi) is 2.62.